The molecule has 5 nitrogen and oxygen atoms in total. The van der Waals surface area contributed by atoms with Gasteiger partial charge in [-0.05, 0) is 25.7 Å². The summed E-state index contributed by atoms with van der Waals surface area (Å²) in [6.45, 7) is 5.86. The van der Waals surface area contributed by atoms with Crippen LogP contribution in [-0.2, 0) is 13.1 Å². The summed E-state index contributed by atoms with van der Waals surface area (Å²) >= 11 is 0. The number of hydrogen-bond acceptors (Lipinski definition) is 3. The first-order valence-electron chi connectivity index (χ1n) is 13.4. The minimum atomic E-state index is -0.0617. The van der Waals surface area contributed by atoms with Gasteiger partial charge in [-0.2, -0.15) is 0 Å². The molecule has 1 aromatic carbocycles. The molecule has 0 radical (unpaired) electrons. The second kappa shape index (κ2) is 15.1. The number of aryl methyl sites for hydroxylation is 2. The van der Waals surface area contributed by atoms with Crippen LogP contribution in [0.3, 0.4) is 0 Å². The molecule has 3 rings (SSSR count). The van der Waals surface area contributed by atoms with Crippen molar-refractivity contribution in [3.05, 3.63) is 46.8 Å². The summed E-state index contributed by atoms with van der Waals surface area (Å²) in [7, 11) is 0. The predicted molar refractivity (Wildman–Crippen MR) is 132 cm³/mol. The summed E-state index contributed by atoms with van der Waals surface area (Å²) in [6.07, 6.45) is 17.0. The van der Waals surface area contributed by atoms with Crippen molar-refractivity contribution in [3.8, 4) is 0 Å². The van der Waals surface area contributed by atoms with E-state index in [2.05, 4.69) is 13.8 Å². The lowest BCUT2D eigenvalue weighted by Gasteiger charge is -2.11. The van der Waals surface area contributed by atoms with Crippen LogP contribution in [0.1, 0.15) is 136 Å². The maximum atomic E-state index is 13.3. The zero-order valence-electron chi connectivity index (χ0n) is 21.2. The molecule has 1 heterocycles. The first kappa shape index (κ1) is 28.2. The van der Waals surface area contributed by atoms with Crippen LogP contribution in [-0.4, -0.2) is 21.5 Å². The first-order valence-corrected chi connectivity index (χ1v) is 13.4. The van der Waals surface area contributed by atoms with Gasteiger partial charge in [0, 0.05) is 11.1 Å². The van der Waals surface area contributed by atoms with Crippen molar-refractivity contribution >= 4 is 11.6 Å². The minimum absolute atomic E-state index is 0. The van der Waals surface area contributed by atoms with E-state index in [0.29, 0.717) is 35.6 Å². The molecule has 34 heavy (non-hydrogen) atoms. The highest BCUT2D eigenvalue weighted by Crippen LogP contribution is 2.25. The highest BCUT2D eigenvalue weighted by Gasteiger charge is 2.42. The minimum Gasteiger partial charge on any atom is -1.00 e. The lowest BCUT2D eigenvalue weighted by molar-refractivity contribution is -0.757. The Morgan fingerprint density at radius 1 is 0.706 bits per heavy atom. The van der Waals surface area contributed by atoms with Crippen LogP contribution >= 0.6 is 0 Å². The third-order valence-corrected chi connectivity index (χ3v) is 6.75. The molecule has 0 bridgehead atoms. The van der Waals surface area contributed by atoms with E-state index in [1.54, 1.807) is 12.1 Å². The fourth-order valence-corrected chi connectivity index (χ4v) is 4.80. The van der Waals surface area contributed by atoms with Crippen molar-refractivity contribution in [1.29, 1.82) is 0 Å². The molecular formula is C28H42ClN3O2. The molecule has 0 amide bonds. The number of carbonyl (C=O) groups is 2. The Bertz CT molecular complexity index is 922. The molecule has 0 N–H and O–H groups in total. The van der Waals surface area contributed by atoms with Crippen LogP contribution in [0.4, 0.5) is 0 Å². The number of aromatic nitrogens is 3. The molecular weight excluding hydrogens is 446 g/mol. The van der Waals surface area contributed by atoms with E-state index in [4.69, 9.17) is 5.21 Å². The van der Waals surface area contributed by atoms with Crippen LogP contribution in [0.15, 0.2) is 24.3 Å². The highest BCUT2D eigenvalue weighted by atomic mass is 35.5. The van der Waals surface area contributed by atoms with Gasteiger partial charge in [0.15, 0.2) is 0 Å². The van der Waals surface area contributed by atoms with Crippen molar-refractivity contribution in [2.24, 2.45) is 0 Å². The van der Waals surface area contributed by atoms with Gasteiger partial charge in [-0.15, -0.1) is 9.36 Å². The van der Waals surface area contributed by atoms with Crippen molar-refractivity contribution in [1.82, 2.24) is 9.90 Å². The lowest BCUT2D eigenvalue weighted by atomic mass is 9.90. The maximum absolute atomic E-state index is 13.3. The number of hydrogen-bond donors (Lipinski definition) is 0. The largest absolute Gasteiger partial charge is 1.00 e. The van der Waals surface area contributed by atoms with E-state index in [9.17, 15) is 9.59 Å². The summed E-state index contributed by atoms with van der Waals surface area (Å²) in [4.78, 5) is 26.7. The highest BCUT2D eigenvalue weighted by molar-refractivity contribution is 6.26. The number of carbonyl (C=O) groups excluding carboxylic acids is 2. The summed E-state index contributed by atoms with van der Waals surface area (Å²) in [5.74, 6) is -0.123. The van der Waals surface area contributed by atoms with E-state index in [-0.39, 0.29) is 24.0 Å². The average Bonchev–Trinajstić information content (AvgIpc) is 3.20. The van der Waals surface area contributed by atoms with Gasteiger partial charge >= 0.3 is 0 Å². The summed E-state index contributed by atoms with van der Waals surface area (Å²) in [5, 5.41) is 4.76. The van der Waals surface area contributed by atoms with Crippen molar-refractivity contribution in [2.75, 3.05) is 0 Å². The van der Waals surface area contributed by atoms with Gasteiger partial charge in [0.25, 0.3) is 0 Å². The third-order valence-electron chi connectivity index (χ3n) is 6.75. The number of nitrogens with zero attached hydrogens (tertiary/aromatic N) is 3. The summed E-state index contributed by atoms with van der Waals surface area (Å²) < 4.78 is 3.63. The fraction of sp³-hybridized carbons (Fsp3) is 0.643. The second-order valence-corrected chi connectivity index (χ2v) is 9.48. The number of fused-ring (bicyclic) bond motifs is 2. The number of halogens is 1. The molecule has 0 saturated heterocycles. The first-order chi connectivity index (χ1) is 16.2. The summed E-state index contributed by atoms with van der Waals surface area (Å²) in [6, 6.07) is 7.20. The van der Waals surface area contributed by atoms with Gasteiger partial charge < -0.3 is 12.4 Å². The Hall–Kier alpha value is -2.01. The monoisotopic (exact) mass is 487 g/mol. The number of unbranched alkanes of at least 4 members (excludes halogenated alkanes) is 12. The third kappa shape index (κ3) is 7.24. The predicted octanol–water partition coefficient (Wildman–Crippen LogP) is 3.45. The molecule has 0 fully saturated rings. The standard InChI is InChI=1S/C28H42N3O2.ClH/c1-3-5-7-9-11-12-14-18-22-31-26-25(30(29-31)21-17-13-10-8-6-4-2)27(32)23-19-15-16-20-24(23)28(26)33;/h15-16,19-20H,3-14,17-18,21-22H2,1-2H3;1H/q+1;/p-1. The number of benzene rings is 1. The molecule has 1 aliphatic rings. The van der Waals surface area contributed by atoms with Crippen LogP contribution in [0.5, 0.6) is 0 Å². The van der Waals surface area contributed by atoms with Gasteiger partial charge in [-0.25, -0.2) is 0 Å². The molecule has 0 atom stereocenters. The molecule has 0 spiro atoms. The lowest BCUT2D eigenvalue weighted by Crippen LogP contribution is -3.00. The molecule has 188 valence electrons. The van der Waals surface area contributed by atoms with Crippen molar-refractivity contribution in [3.63, 3.8) is 0 Å². The van der Waals surface area contributed by atoms with Crippen LogP contribution in [0.25, 0.3) is 0 Å². The summed E-state index contributed by atoms with van der Waals surface area (Å²) in [5.41, 5.74) is 2.01. The molecule has 0 saturated carbocycles. The average molecular weight is 488 g/mol. The zero-order valence-corrected chi connectivity index (χ0v) is 21.9. The number of ketones is 2. The van der Waals surface area contributed by atoms with Gasteiger partial charge in [0.1, 0.15) is 13.1 Å². The van der Waals surface area contributed by atoms with E-state index < -0.39 is 0 Å². The van der Waals surface area contributed by atoms with Crippen LogP contribution in [0, 0.1) is 0 Å². The second-order valence-electron chi connectivity index (χ2n) is 9.48. The SMILES string of the molecule is CCCCCCCCCC[n+]1nn(CCCCCCCC)c2c1C(=O)c1ccccc1C2=O.[Cl-]. The Kier molecular flexibility index (Phi) is 12.5. The number of rotatable bonds is 16. The van der Waals surface area contributed by atoms with Crippen LogP contribution < -0.4 is 17.1 Å². The Morgan fingerprint density at radius 2 is 1.21 bits per heavy atom. The van der Waals surface area contributed by atoms with Crippen LogP contribution in [0.2, 0.25) is 0 Å². The zero-order chi connectivity index (χ0) is 23.5. The fourth-order valence-electron chi connectivity index (χ4n) is 4.80. The molecule has 1 aromatic heterocycles. The van der Waals surface area contributed by atoms with Gasteiger partial charge in [0.2, 0.25) is 23.0 Å². The van der Waals surface area contributed by atoms with Crippen molar-refractivity contribution < 1.29 is 26.7 Å². The normalized spacial score (nSPS) is 12.4. The smallest absolute Gasteiger partial charge is 0.249 e. The van der Waals surface area contributed by atoms with Gasteiger partial charge in [-0.3, -0.25) is 9.59 Å². The maximum Gasteiger partial charge on any atom is 0.249 e. The van der Waals surface area contributed by atoms with E-state index >= 15 is 0 Å². The molecule has 2 aromatic rings. The Morgan fingerprint density at radius 3 is 1.79 bits per heavy atom. The topological polar surface area (TPSA) is 55.8 Å². The van der Waals surface area contributed by atoms with E-state index in [0.717, 1.165) is 25.7 Å². The molecule has 0 aliphatic heterocycles. The molecule has 6 heteroatoms. The van der Waals surface area contributed by atoms with Gasteiger partial charge in [0.05, 0.1) is 5.21 Å². The van der Waals surface area contributed by atoms with E-state index in [1.807, 2.05) is 21.5 Å². The van der Waals surface area contributed by atoms with E-state index in [1.165, 1.54) is 64.2 Å². The Labute approximate surface area is 211 Å². The van der Waals surface area contributed by atoms with Crippen molar-refractivity contribution in [2.45, 2.75) is 117 Å². The Balaban J connectivity index is 0.00000408. The quantitative estimate of drug-likeness (QED) is 0.230. The molecule has 0 unspecified atom stereocenters. The van der Waals surface area contributed by atoms with Gasteiger partial charge in [-0.1, -0.05) is 102 Å². The molecule has 1 aliphatic carbocycles.